The zero-order valence-corrected chi connectivity index (χ0v) is 20.2. The summed E-state index contributed by atoms with van der Waals surface area (Å²) in [6.45, 7) is 8.69. The first-order valence-corrected chi connectivity index (χ1v) is 11.7. The maximum absolute atomic E-state index is 13.6. The van der Waals surface area contributed by atoms with E-state index in [0.717, 1.165) is 11.3 Å². The van der Waals surface area contributed by atoms with Gasteiger partial charge in [0.2, 0.25) is 0 Å². The van der Waals surface area contributed by atoms with E-state index in [-0.39, 0.29) is 11.5 Å². The van der Waals surface area contributed by atoms with E-state index < -0.39 is 6.04 Å². The summed E-state index contributed by atoms with van der Waals surface area (Å²) in [6, 6.07) is 10.5. The van der Waals surface area contributed by atoms with E-state index in [1.165, 1.54) is 11.3 Å². The number of carbonyl (C=O) groups excluding carboxylic acids is 1. The predicted molar refractivity (Wildman–Crippen MR) is 128 cm³/mol. The molecule has 3 heterocycles. The van der Waals surface area contributed by atoms with Gasteiger partial charge in [0.15, 0.2) is 4.80 Å². The summed E-state index contributed by atoms with van der Waals surface area (Å²) < 4.78 is 13.4. The molecule has 2 aromatic heterocycles. The number of likely N-dealkylation sites (N-methyl/N-ethyl adjacent to an activating group) is 1. The number of allylic oxidation sites excluding steroid dienone is 1. The van der Waals surface area contributed by atoms with E-state index in [1.807, 2.05) is 64.1 Å². The van der Waals surface area contributed by atoms with Gasteiger partial charge in [-0.2, -0.15) is 0 Å². The molecule has 8 heteroatoms. The third-order valence-corrected chi connectivity index (χ3v) is 6.75. The Morgan fingerprint density at radius 3 is 2.58 bits per heavy atom. The standard InChI is InChI=1S/C25H27N3O4S/c1-6-27(7-2)24(30)21-16(4)26-25-28(22(21)18-10-8-9-11-19(18)31-5)23(29)20(33-25)14-17-13-12-15(3)32-17/h8-14,22H,6-7H2,1-5H3/b20-14+/t22-/m1/s1. The minimum atomic E-state index is -0.647. The van der Waals surface area contributed by atoms with Crippen molar-refractivity contribution in [3.8, 4) is 5.75 Å². The second-order valence-corrected chi connectivity index (χ2v) is 8.76. The number of furan rings is 1. The summed E-state index contributed by atoms with van der Waals surface area (Å²) in [7, 11) is 1.59. The molecule has 0 saturated carbocycles. The van der Waals surface area contributed by atoms with E-state index in [9.17, 15) is 9.59 Å². The number of ether oxygens (including phenoxy) is 1. The Morgan fingerprint density at radius 2 is 1.94 bits per heavy atom. The first-order valence-electron chi connectivity index (χ1n) is 10.9. The second-order valence-electron chi connectivity index (χ2n) is 7.75. The van der Waals surface area contributed by atoms with Crippen LogP contribution in [-0.2, 0) is 4.79 Å². The average Bonchev–Trinajstić information content (AvgIpc) is 3.35. The normalized spacial score (nSPS) is 15.9. The molecule has 0 bridgehead atoms. The van der Waals surface area contributed by atoms with Crippen LogP contribution in [0.3, 0.4) is 0 Å². The summed E-state index contributed by atoms with van der Waals surface area (Å²) >= 11 is 1.28. The molecule has 172 valence electrons. The number of hydrogen-bond donors (Lipinski definition) is 0. The van der Waals surface area contributed by atoms with E-state index in [1.54, 1.807) is 22.7 Å². The van der Waals surface area contributed by atoms with Crippen LogP contribution < -0.4 is 19.6 Å². The Hall–Kier alpha value is -3.39. The van der Waals surface area contributed by atoms with Crippen molar-refractivity contribution < 1.29 is 13.9 Å². The number of thiazole rings is 1. The fourth-order valence-corrected chi connectivity index (χ4v) is 5.15. The van der Waals surface area contributed by atoms with Gasteiger partial charge in [0.05, 0.1) is 22.9 Å². The van der Waals surface area contributed by atoms with Crippen LogP contribution in [0, 0.1) is 6.92 Å². The van der Waals surface area contributed by atoms with Gasteiger partial charge in [0.25, 0.3) is 11.5 Å². The molecule has 0 saturated heterocycles. The lowest BCUT2D eigenvalue weighted by atomic mass is 9.94. The number of hydrogen-bond acceptors (Lipinski definition) is 6. The third kappa shape index (κ3) is 4.06. The van der Waals surface area contributed by atoms with Crippen LogP contribution in [0.25, 0.3) is 6.08 Å². The SMILES string of the molecule is CCN(CC)C(=O)C1=C(C)N=c2s/c(=C/c3ccc(C)o3)c(=O)n2[C@@H]1c1ccccc1OC. The number of amides is 1. The molecular formula is C25H27N3O4S. The molecule has 4 rings (SSSR count). The van der Waals surface area contributed by atoms with E-state index in [2.05, 4.69) is 4.99 Å². The molecule has 0 N–H and O–H groups in total. The topological polar surface area (TPSA) is 77.0 Å². The van der Waals surface area contributed by atoms with E-state index in [0.29, 0.717) is 45.2 Å². The molecule has 3 aromatic rings. The zero-order chi connectivity index (χ0) is 23.7. The maximum atomic E-state index is 13.6. The summed E-state index contributed by atoms with van der Waals surface area (Å²) in [5.74, 6) is 1.84. The zero-order valence-electron chi connectivity index (χ0n) is 19.4. The first-order chi connectivity index (χ1) is 15.9. The van der Waals surface area contributed by atoms with Gasteiger partial charge in [-0.05, 0) is 45.9 Å². The number of fused-ring (bicyclic) bond motifs is 1. The quantitative estimate of drug-likeness (QED) is 0.561. The van der Waals surface area contributed by atoms with E-state index in [4.69, 9.17) is 9.15 Å². The molecule has 1 atom stereocenters. The van der Waals surface area contributed by atoms with Crippen molar-refractivity contribution in [1.82, 2.24) is 9.47 Å². The number of benzene rings is 1. The molecule has 0 fully saturated rings. The Morgan fingerprint density at radius 1 is 1.21 bits per heavy atom. The van der Waals surface area contributed by atoms with Crippen molar-refractivity contribution in [3.05, 3.63) is 84.4 Å². The molecule has 0 radical (unpaired) electrons. The smallest absolute Gasteiger partial charge is 0.271 e. The lowest BCUT2D eigenvalue weighted by Gasteiger charge is -2.29. The molecule has 1 aliphatic heterocycles. The highest BCUT2D eigenvalue weighted by Gasteiger charge is 2.35. The second kappa shape index (κ2) is 9.23. The van der Waals surface area contributed by atoms with Crippen LogP contribution in [0.1, 0.15) is 43.9 Å². The Bertz CT molecular complexity index is 1410. The Labute approximate surface area is 195 Å². The highest BCUT2D eigenvalue weighted by molar-refractivity contribution is 7.07. The number of nitrogens with zero attached hydrogens (tertiary/aromatic N) is 3. The lowest BCUT2D eigenvalue weighted by molar-refractivity contribution is -0.127. The lowest BCUT2D eigenvalue weighted by Crippen LogP contribution is -2.43. The molecule has 0 unspecified atom stereocenters. The van der Waals surface area contributed by atoms with E-state index >= 15 is 0 Å². The van der Waals surface area contributed by atoms with Gasteiger partial charge in [-0.25, -0.2) is 4.99 Å². The Balaban J connectivity index is 2.00. The molecule has 1 aliphatic rings. The van der Waals surface area contributed by atoms with Gasteiger partial charge in [0, 0.05) is 24.7 Å². The molecule has 1 aromatic carbocycles. The number of rotatable bonds is 6. The number of para-hydroxylation sites is 1. The minimum absolute atomic E-state index is 0.131. The van der Waals surface area contributed by atoms with Crippen molar-refractivity contribution in [2.45, 2.75) is 33.7 Å². The molecule has 0 spiro atoms. The first kappa shape index (κ1) is 22.8. The fourth-order valence-electron chi connectivity index (χ4n) is 4.12. The van der Waals surface area contributed by atoms with Gasteiger partial charge in [-0.15, -0.1) is 0 Å². The predicted octanol–water partition coefficient (Wildman–Crippen LogP) is 3.01. The van der Waals surface area contributed by atoms with Crippen LogP contribution in [0.4, 0.5) is 0 Å². The molecule has 0 aliphatic carbocycles. The van der Waals surface area contributed by atoms with Gasteiger partial charge in [-0.1, -0.05) is 29.5 Å². The van der Waals surface area contributed by atoms with Crippen molar-refractivity contribution in [1.29, 1.82) is 0 Å². The summed E-state index contributed by atoms with van der Waals surface area (Å²) in [5.41, 5.74) is 1.60. The number of aromatic nitrogens is 1. The van der Waals surface area contributed by atoms with Gasteiger partial charge < -0.3 is 14.1 Å². The van der Waals surface area contributed by atoms with Gasteiger partial charge in [-0.3, -0.25) is 14.2 Å². The van der Waals surface area contributed by atoms with Crippen LogP contribution in [-0.4, -0.2) is 35.6 Å². The Kier molecular flexibility index (Phi) is 6.37. The molecule has 7 nitrogen and oxygen atoms in total. The van der Waals surface area contributed by atoms with Crippen LogP contribution in [0.5, 0.6) is 5.75 Å². The fraction of sp³-hybridized carbons (Fsp3) is 0.320. The molecule has 1 amide bonds. The molecular weight excluding hydrogens is 438 g/mol. The van der Waals surface area contributed by atoms with Crippen molar-refractivity contribution >= 4 is 23.3 Å². The third-order valence-electron chi connectivity index (χ3n) is 5.77. The van der Waals surface area contributed by atoms with Gasteiger partial charge in [0.1, 0.15) is 23.3 Å². The van der Waals surface area contributed by atoms with Crippen molar-refractivity contribution in [2.75, 3.05) is 20.2 Å². The molecule has 33 heavy (non-hydrogen) atoms. The van der Waals surface area contributed by atoms with Crippen LogP contribution >= 0.6 is 11.3 Å². The average molecular weight is 466 g/mol. The van der Waals surface area contributed by atoms with Crippen molar-refractivity contribution in [2.24, 2.45) is 4.99 Å². The van der Waals surface area contributed by atoms with Gasteiger partial charge >= 0.3 is 0 Å². The van der Waals surface area contributed by atoms with Crippen LogP contribution in [0.15, 0.2) is 61.9 Å². The number of aryl methyl sites for hydroxylation is 1. The highest BCUT2D eigenvalue weighted by atomic mass is 32.1. The summed E-state index contributed by atoms with van der Waals surface area (Å²) in [6.07, 6.45) is 1.72. The summed E-state index contributed by atoms with van der Waals surface area (Å²) in [4.78, 5) is 34.2. The highest BCUT2D eigenvalue weighted by Crippen LogP contribution is 2.35. The van der Waals surface area contributed by atoms with Crippen molar-refractivity contribution in [3.63, 3.8) is 0 Å². The monoisotopic (exact) mass is 465 g/mol. The summed E-state index contributed by atoms with van der Waals surface area (Å²) in [5, 5.41) is 0. The number of carbonyl (C=O) groups is 1. The van der Waals surface area contributed by atoms with Crippen LogP contribution in [0.2, 0.25) is 0 Å². The number of methoxy groups -OCH3 is 1. The maximum Gasteiger partial charge on any atom is 0.271 e. The minimum Gasteiger partial charge on any atom is -0.496 e. The largest absolute Gasteiger partial charge is 0.496 e.